The maximum Gasteiger partial charge on any atom is 0.234 e. The zero-order valence-electron chi connectivity index (χ0n) is 13.2. The van der Waals surface area contributed by atoms with Crippen molar-refractivity contribution in [1.29, 1.82) is 0 Å². The molecule has 4 rings (SSSR count). The first-order valence-corrected chi connectivity index (χ1v) is 9.20. The second-order valence-corrected chi connectivity index (χ2v) is 7.17. The Bertz CT molecular complexity index is 880. The van der Waals surface area contributed by atoms with E-state index in [9.17, 15) is 4.79 Å². The van der Waals surface area contributed by atoms with Crippen molar-refractivity contribution in [2.75, 3.05) is 5.75 Å². The van der Waals surface area contributed by atoms with Crippen molar-refractivity contribution >= 4 is 29.3 Å². The highest BCUT2D eigenvalue weighted by molar-refractivity contribution is 8.00. The maximum atomic E-state index is 12.2. The quantitative estimate of drug-likeness (QED) is 0.685. The minimum absolute atomic E-state index is 0.0760. The molecule has 0 unspecified atom stereocenters. The van der Waals surface area contributed by atoms with Gasteiger partial charge < -0.3 is 9.32 Å². The summed E-state index contributed by atoms with van der Waals surface area (Å²) in [6, 6.07) is 11.3. The van der Waals surface area contributed by atoms with Gasteiger partial charge in [0.25, 0.3) is 0 Å². The molecule has 3 aromatic rings. The molecule has 0 saturated carbocycles. The van der Waals surface area contributed by atoms with Crippen molar-refractivity contribution in [3.05, 3.63) is 70.9 Å². The third-order valence-corrected chi connectivity index (χ3v) is 5.57. The Labute approximate surface area is 153 Å². The van der Waals surface area contributed by atoms with Gasteiger partial charge in [-0.05, 0) is 23.8 Å². The number of furan rings is 1. The lowest BCUT2D eigenvalue weighted by Crippen LogP contribution is -2.27. The van der Waals surface area contributed by atoms with Gasteiger partial charge in [-0.25, -0.2) is 4.68 Å². The molecule has 3 heterocycles. The van der Waals surface area contributed by atoms with E-state index in [4.69, 9.17) is 16.0 Å². The average molecular weight is 375 g/mol. The number of carbonyl (C=O) groups is 1. The number of benzene rings is 1. The third-order valence-electron chi connectivity index (χ3n) is 3.97. The number of aromatic nitrogens is 3. The van der Waals surface area contributed by atoms with E-state index in [2.05, 4.69) is 10.3 Å². The normalized spacial score (nSPS) is 17.4. The zero-order chi connectivity index (χ0) is 17.2. The summed E-state index contributed by atoms with van der Waals surface area (Å²) < 4.78 is 7.11. The summed E-state index contributed by atoms with van der Waals surface area (Å²) in [4.78, 5) is 14.0. The summed E-state index contributed by atoms with van der Waals surface area (Å²) in [7, 11) is 0. The molecule has 1 aliphatic heterocycles. The largest absolute Gasteiger partial charge is 0.467 e. The van der Waals surface area contributed by atoms with Crippen LogP contribution < -0.4 is 0 Å². The van der Waals surface area contributed by atoms with Gasteiger partial charge in [0.1, 0.15) is 16.8 Å². The summed E-state index contributed by atoms with van der Waals surface area (Å²) in [6.45, 7) is 0.969. The van der Waals surface area contributed by atoms with Crippen LogP contribution in [0.5, 0.6) is 0 Å². The lowest BCUT2D eigenvalue weighted by molar-refractivity contribution is -0.128. The van der Waals surface area contributed by atoms with Gasteiger partial charge in [-0.1, -0.05) is 35.0 Å². The Morgan fingerprint density at radius 3 is 2.92 bits per heavy atom. The molecule has 6 nitrogen and oxygen atoms in total. The van der Waals surface area contributed by atoms with Crippen molar-refractivity contribution in [1.82, 2.24) is 19.9 Å². The molecule has 8 heteroatoms. The van der Waals surface area contributed by atoms with Crippen LogP contribution in [0.4, 0.5) is 0 Å². The molecule has 1 aromatic carbocycles. The Balaban J connectivity index is 1.52. The third kappa shape index (κ3) is 3.43. The molecule has 0 radical (unpaired) electrons. The number of halogens is 1. The van der Waals surface area contributed by atoms with Crippen LogP contribution in [0, 0.1) is 0 Å². The molecule has 1 aliphatic rings. The predicted molar refractivity (Wildman–Crippen MR) is 95.0 cm³/mol. The number of hydrogen-bond acceptors (Lipinski definition) is 5. The van der Waals surface area contributed by atoms with Crippen molar-refractivity contribution in [3.8, 4) is 0 Å². The van der Waals surface area contributed by atoms with Crippen LogP contribution >= 0.6 is 23.4 Å². The van der Waals surface area contributed by atoms with E-state index in [1.165, 1.54) is 0 Å². The first-order valence-electron chi connectivity index (χ1n) is 7.77. The highest BCUT2D eigenvalue weighted by Gasteiger charge is 2.35. The van der Waals surface area contributed by atoms with Crippen LogP contribution in [0.2, 0.25) is 5.02 Å². The summed E-state index contributed by atoms with van der Waals surface area (Å²) in [5, 5.41) is 8.99. The fraction of sp³-hybridized carbons (Fsp3) is 0.235. The van der Waals surface area contributed by atoms with E-state index >= 15 is 0 Å². The Kier molecular flexibility index (Phi) is 4.50. The standard InChI is InChI=1S/C17H15ClN4O2S/c18-14-6-2-1-4-12(14)8-21-10-15(19-20-21)17-22(16(23)11-25-17)9-13-5-3-7-24-13/h1-7,10,17H,8-9,11H2/t17-/m0/s1. The van der Waals surface area contributed by atoms with Crippen molar-refractivity contribution in [2.24, 2.45) is 0 Å². The van der Waals surface area contributed by atoms with Crippen LogP contribution in [-0.4, -0.2) is 31.6 Å². The molecule has 1 fully saturated rings. The van der Waals surface area contributed by atoms with Crippen molar-refractivity contribution < 1.29 is 9.21 Å². The van der Waals surface area contributed by atoms with Crippen LogP contribution in [-0.2, 0) is 17.9 Å². The number of rotatable bonds is 5. The van der Waals surface area contributed by atoms with Gasteiger partial charge in [0.05, 0.1) is 31.3 Å². The van der Waals surface area contributed by atoms with Crippen molar-refractivity contribution in [3.63, 3.8) is 0 Å². The fourth-order valence-corrected chi connectivity index (χ4v) is 4.06. The van der Waals surface area contributed by atoms with Crippen molar-refractivity contribution in [2.45, 2.75) is 18.5 Å². The second-order valence-electron chi connectivity index (χ2n) is 5.70. The minimum Gasteiger partial charge on any atom is -0.467 e. The monoisotopic (exact) mass is 374 g/mol. The second kappa shape index (κ2) is 6.93. The molecular formula is C17H15ClN4O2S. The molecular weight excluding hydrogens is 360 g/mol. The van der Waals surface area contributed by atoms with Gasteiger partial charge in [-0.2, -0.15) is 0 Å². The molecule has 1 atom stereocenters. The summed E-state index contributed by atoms with van der Waals surface area (Å²) in [6.07, 6.45) is 3.48. The zero-order valence-corrected chi connectivity index (χ0v) is 14.8. The first kappa shape index (κ1) is 16.2. The van der Waals surface area contributed by atoms with E-state index in [0.717, 1.165) is 17.0 Å². The molecule has 1 amide bonds. The Morgan fingerprint density at radius 1 is 1.24 bits per heavy atom. The summed E-state index contributed by atoms with van der Waals surface area (Å²) in [5.41, 5.74) is 1.73. The smallest absolute Gasteiger partial charge is 0.234 e. The van der Waals surface area contributed by atoms with Gasteiger partial charge in [0.15, 0.2) is 0 Å². The van der Waals surface area contributed by atoms with Crippen LogP contribution in [0.3, 0.4) is 0 Å². The van der Waals surface area contributed by atoms with Crippen LogP contribution in [0.25, 0.3) is 0 Å². The molecule has 0 spiro atoms. The molecule has 2 aromatic heterocycles. The lowest BCUT2D eigenvalue weighted by Gasteiger charge is -2.20. The van der Waals surface area contributed by atoms with Gasteiger partial charge >= 0.3 is 0 Å². The lowest BCUT2D eigenvalue weighted by atomic mass is 10.2. The molecule has 25 heavy (non-hydrogen) atoms. The van der Waals surface area contributed by atoms with E-state index in [1.54, 1.807) is 27.6 Å². The van der Waals surface area contributed by atoms with Gasteiger partial charge in [-0.15, -0.1) is 16.9 Å². The first-order chi connectivity index (χ1) is 12.2. The number of amides is 1. The van der Waals surface area contributed by atoms with E-state index in [0.29, 0.717) is 23.9 Å². The molecule has 0 N–H and O–H groups in total. The van der Waals surface area contributed by atoms with Crippen LogP contribution in [0.1, 0.15) is 22.4 Å². The Morgan fingerprint density at radius 2 is 2.12 bits per heavy atom. The number of thioether (sulfide) groups is 1. The summed E-state index contributed by atoms with van der Waals surface area (Å²) in [5.74, 6) is 1.26. The topological polar surface area (TPSA) is 64.2 Å². The molecule has 128 valence electrons. The SMILES string of the molecule is O=C1CS[C@@H](c2cn(Cc3ccccc3Cl)nn2)N1Cc1ccco1. The van der Waals surface area contributed by atoms with Crippen LogP contribution in [0.15, 0.2) is 53.3 Å². The molecule has 0 bridgehead atoms. The predicted octanol–water partition coefficient (Wildman–Crippen LogP) is 3.35. The van der Waals surface area contributed by atoms with E-state index in [1.807, 2.05) is 42.6 Å². The molecule has 0 aliphatic carbocycles. The summed E-state index contributed by atoms with van der Waals surface area (Å²) >= 11 is 7.75. The average Bonchev–Trinajstić information content (AvgIpc) is 3.34. The van der Waals surface area contributed by atoms with E-state index < -0.39 is 0 Å². The fourth-order valence-electron chi connectivity index (χ4n) is 2.75. The number of hydrogen-bond donors (Lipinski definition) is 0. The Hall–Kier alpha value is -2.25. The number of nitrogens with zero attached hydrogens (tertiary/aromatic N) is 4. The minimum atomic E-state index is -0.155. The highest BCUT2D eigenvalue weighted by atomic mass is 35.5. The highest BCUT2D eigenvalue weighted by Crippen LogP contribution is 2.38. The van der Waals surface area contributed by atoms with E-state index in [-0.39, 0.29) is 11.3 Å². The maximum absolute atomic E-state index is 12.2. The van der Waals surface area contributed by atoms with Gasteiger partial charge in [0, 0.05) is 5.02 Å². The molecule has 1 saturated heterocycles. The van der Waals surface area contributed by atoms with Gasteiger partial charge in [0.2, 0.25) is 5.91 Å². The van der Waals surface area contributed by atoms with Gasteiger partial charge in [-0.3, -0.25) is 4.79 Å². The number of carbonyl (C=O) groups excluding carboxylic acids is 1.